The summed E-state index contributed by atoms with van der Waals surface area (Å²) in [6.07, 6.45) is -2.34. The van der Waals surface area contributed by atoms with Crippen molar-refractivity contribution < 1.29 is 44.8 Å². The maximum atomic E-state index is 9.33. The Morgan fingerprint density at radius 2 is 0.958 bits per heavy atom. The van der Waals surface area contributed by atoms with E-state index in [0.717, 1.165) is 0 Å². The Hall–Kier alpha value is -0.360. The third kappa shape index (κ3) is 10.5. The van der Waals surface area contributed by atoms with Crippen LogP contribution in [0.4, 0.5) is 0 Å². The third-order valence-electron chi connectivity index (χ3n) is 3.54. The second-order valence-corrected chi connectivity index (χ2v) is 5.91. The molecule has 3 unspecified atom stereocenters. The van der Waals surface area contributed by atoms with Crippen molar-refractivity contribution in [3.8, 4) is 0 Å². The lowest BCUT2D eigenvalue weighted by molar-refractivity contribution is -0.107. The zero-order valence-corrected chi connectivity index (χ0v) is 14.2. The number of ether oxygens (including phenoxy) is 3. The van der Waals surface area contributed by atoms with Gasteiger partial charge in [0.15, 0.2) is 0 Å². The van der Waals surface area contributed by atoms with Crippen LogP contribution in [0.1, 0.15) is 13.3 Å². The van der Waals surface area contributed by atoms with Crippen LogP contribution in [0.3, 0.4) is 0 Å². The van der Waals surface area contributed by atoms with Gasteiger partial charge in [0.2, 0.25) is 0 Å². The molecule has 0 heterocycles. The van der Waals surface area contributed by atoms with Crippen LogP contribution in [0.15, 0.2) is 0 Å². The summed E-state index contributed by atoms with van der Waals surface area (Å²) in [4.78, 5) is 0. The molecule has 9 nitrogen and oxygen atoms in total. The summed E-state index contributed by atoms with van der Waals surface area (Å²) >= 11 is 0. The van der Waals surface area contributed by atoms with E-state index in [4.69, 9.17) is 29.5 Å². The molecule has 0 amide bonds. The van der Waals surface area contributed by atoms with Crippen molar-refractivity contribution in [3.63, 3.8) is 0 Å². The highest BCUT2D eigenvalue weighted by molar-refractivity contribution is 4.78. The summed E-state index contributed by atoms with van der Waals surface area (Å²) < 4.78 is 16.3. The minimum atomic E-state index is -0.978. The van der Waals surface area contributed by atoms with Crippen LogP contribution in [0.5, 0.6) is 0 Å². The molecule has 3 atom stereocenters. The number of hydrogen-bond acceptors (Lipinski definition) is 9. The fraction of sp³-hybridized carbons (Fsp3) is 1.00. The normalized spacial score (nSPS) is 18.1. The van der Waals surface area contributed by atoms with Crippen LogP contribution in [0.25, 0.3) is 0 Å². The van der Waals surface area contributed by atoms with Gasteiger partial charge in [0.05, 0.1) is 59.5 Å². The monoisotopic (exact) mass is 356 g/mol. The molecule has 0 aliphatic rings. The third-order valence-corrected chi connectivity index (χ3v) is 3.54. The van der Waals surface area contributed by atoms with Crippen LogP contribution in [0, 0.1) is 5.41 Å². The van der Waals surface area contributed by atoms with Gasteiger partial charge in [-0.25, -0.2) is 0 Å². The van der Waals surface area contributed by atoms with Crippen molar-refractivity contribution in [1.29, 1.82) is 0 Å². The zero-order valence-electron chi connectivity index (χ0n) is 14.2. The van der Waals surface area contributed by atoms with E-state index in [0.29, 0.717) is 6.42 Å². The van der Waals surface area contributed by atoms with Gasteiger partial charge in [0, 0.05) is 5.41 Å². The molecule has 6 N–H and O–H groups in total. The fourth-order valence-corrected chi connectivity index (χ4v) is 1.82. The Morgan fingerprint density at radius 1 is 0.667 bits per heavy atom. The predicted molar refractivity (Wildman–Crippen MR) is 84.5 cm³/mol. The highest BCUT2D eigenvalue weighted by Gasteiger charge is 2.30. The maximum absolute atomic E-state index is 9.33. The lowest BCUT2D eigenvalue weighted by Crippen LogP contribution is -2.39. The molecule has 9 heteroatoms. The van der Waals surface area contributed by atoms with Gasteiger partial charge in [0.25, 0.3) is 0 Å². The molecule has 0 saturated heterocycles. The predicted octanol–water partition coefficient (Wildman–Crippen LogP) is -2.51. The highest BCUT2D eigenvalue weighted by atomic mass is 16.5. The summed E-state index contributed by atoms with van der Waals surface area (Å²) in [5, 5.41) is 54.4. The fourth-order valence-electron chi connectivity index (χ4n) is 1.82. The second kappa shape index (κ2) is 13.9. The van der Waals surface area contributed by atoms with Crippen molar-refractivity contribution >= 4 is 0 Å². The Kier molecular flexibility index (Phi) is 13.7. The number of aliphatic hydroxyl groups excluding tert-OH is 6. The molecule has 0 aromatic heterocycles. The summed E-state index contributed by atoms with van der Waals surface area (Å²) in [6, 6.07) is 0. The zero-order chi connectivity index (χ0) is 18.4. The van der Waals surface area contributed by atoms with E-state index in [1.54, 1.807) is 0 Å². The van der Waals surface area contributed by atoms with Crippen molar-refractivity contribution in [1.82, 2.24) is 0 Å². The first kappa shape index (κ1) is 23.6. The first-order valence-electron chi connectivity index (χ1n) is 8.03. The quantitative estimate of drug-likeness (QED) is 0.176. The standard InChI is InChI=1S/C15H32O9/c1-2-15(9-22-6-12(19)3-16,10-23-7-13(20)4-17)11-24-8-14(21)5-18/h12-14,16-21H,2-11H2,1H3. The van der Waals surface area contributed by atoms with Gasteiger partial charge in [-0.15, -0.1) is 0 Å². The molecule has 0 saturated carbocycles. The SMILES string of the molecule is CCC(COCC(O)CO)(COCC(O)CO)COCC(O)CO. The molecular weight excluding hydrogens is 324 g/mol. The molecule has 0 spiro atoms. The van der Waals surface area contributed by atoms with E-state index in [2.05, 4.69) is 0 Å². The summed E-state index contributed by atoms with van der Waals surface area (Å²) in [6.45, 7) is 1.06. The Morgan fingerprint density at radius 3 is 1.17 bits per heavy atom. The van der Waals surface area contributed by atoms with Crippen molar-refractivity contribution in [2.45, 2.75) is 31.7 Å². The topological polar surface area (TPSA) is 149 Å². The van der Waals surface area contributed by atoms with E-state index in [-0.39, 0.29) is 39.6 Å². The lowest BCUT2D eigenvalue weighted by Gasteiger charge is -2.33. The smallest absolute Gasteiger partial charge is 0.100 e. The molecule has 0 radical (unpaired) electrons. The molecule has 0 fully saturated rings. The summed E-state index contributed by atoms with van der Waals surface area (Å²) in [5.41, 5.74) is -0.598. The Balaban J connectivity index is 4.54. The van der Waals surface area contributed by atoms with E-state index < -0.39 is 43.5 Å². The van der Waals surface area contributed by atoms with Crippen molar-refractivity contribution in [2.24, 2.45) is 5.41 Å². The average molecular weight is 356 g/mol. The van der Waals surface area contributed by atoms with E-state index >= 15 is 0 Å². The van der Waals surface area contributed by atoms with Crippen molar-refractivity contribution in [3.05, 3.63) is 0 Å². The van der Waals surface area contributed by atoms with Gasteiger partial charge in [-0.2, -0.15) is 0 Å². The molecule has 24 heavy (non-hydrogen) atoms. The molecule has 0 bridgehead atoms. The van der Waals surface area contributed by atoms with Gasteiger partial charge < -0.3 is 44.8 Å². The van der Waals surface area contributed by atoms with Crippen molar-refractivity contribution in [2.75, 3.05) is 59.5 Å². The number of rotatable bonds is 16. The van der Waals surface area contributed by atoms with Crippen LogP contribution in [0.2, 0.25) is 0 Å². The van der Waals surface area contributed by atoms with Crippen LogP contribution in [-0.4, -0.2) is 108 Å². The Labute approximate surface area is 142 Å². The van der Waals surface area contributed by atoms with Crippen LogP contribution < -0.4 is 0 Å². The molecule has 0 rings (SSSR count). The van der Waals surface area contributed by atoms with E-state index in [1.165, 1.54) is 0 Å². The van der Waals surface area contributed by atoms with E-state index in [1.807, 2.05) is 6.92 Å². The molecule has 146 valence electrons. The minimum absolute atomic E-state index is 0.0449. The molecule has 0 aliphatic heterocycles. The van der Waals surface area contributed by atoms with Gasteiger partial charge >= 0.3 is 0 Å². The van der Waals surface area contributed by atoms with Crippen LogP contribution >= 0.6 is 0 Å². The second-order valence-electron chi connectivity index (χ2n) is 5.91. The van der Waals surface area contributed by atoms with Crippen LogP contribution in [-0.2, 0) is 14.2 Å². The Bertz CT molecular complexity index is 249. The first-order valence-corrected chi connectivity index (χ1v) is 8.03. The van der Waals surface area contributed by atoms with Gasteiger partial charge in [-0.05, 0) is 6.42 Å². The average Bonchev–Trinajstić information content (AvgIpc) is 2.60. The summed E-state index contributed by atoms with van der Waals surface area (Å²) in [7, 11) is 0. The molecule has 0 aliphatic carbocycles. The number of aliphatic hydroxyl groups is 6. The molecule has 0 aromatic carbocycles. The van der Waals surface area contributed by atoms with E-state index in [9.17, 15) is 15.3 Å². The molecular formula is C15H32O9. The van der Waals surface area contributed by atoms with Gasteiger partial charge in [-0.3, -0.25) is 0 Å². The first-order chi connectivity index (χ1) is 11.4. The maximum Gasteiger partial charge on any atom is 0.100 e. The van der Waals surface area contributed by atoms with Gasteiger partial charge in [-0.1, -0.05) is 6.92 Å². The number of hydrogen-bond donors (Lipinski definition) is 6. The lowest BCUT2D eigenvalue weighted by atomic mass is 9.88. The largest absolute Gasteiger partial charge is 0.394 e. The van der Waals surface area contributed by atoms with Gasteiger partial charge in [0.1, 0.15) is 18.3 Å². The highest BCUT2D eigenvalue weighted by Crippen LogP contribution is 2.24. The summed E-state index contributed by atoms with van der Waals surface area (Å²) in [5.74, 6) is 0. The molecule has 0 aromatic rings. The minimum Gasteiger partial charge on any atom is -0.394 e.